The fourth-order valence-electron chi connectivity index (χ4n) is 3.41. The van der Waals surface area contributed by atoms with Gasteiger partial charge < -0.3 is 19.1 Å². The molecule has 27 heavy (non-hydrogen) atoms. The molecule has 6 heteroatoms. The monoisotopic (exact) mass is 377 g/mol. The molecule has 1 saturated heterocycles. The smallest absolute Gasteiger partial charge is 0.339 e. The van der Waals surface area contributed by atoms with Crippen LogP contribution in [0.25, 0.3) is 0 Å². The number of piperidine rings is 1. The summed E-state index contributed by atoms with van der Waals surface area (Å²) in [6.45, 7) is 9.17. The zero-order valence-corrected chi connectivity index (χ0v) is 16.8. The number of esters is 1. The van der Waals surface area contributed by atoms with E-state index in [-0.39, 0.29) is 11.9 Å². The van der Waals surface area contributed by atoms with Crippen molar-refractivity contribution < 1.29 is 23.8 Å². The molecule has 1 aliphatic rings. The summed E-state index contributed by atoms with van der Waals surface area (Å²) < 4.78 is 16.5. The number of amides is 1. The van der Waals surface area contributed by atoms with Crippen LogP contribution in [0.3, 0.4) is 0 Å². The fourth-order valence-corrected chi connectivity index (χ4v) is 3.41. The van der Waals surface area contributed by atoms with E-state index in [1.54, 1.807) is 25.1 Å². The van der Waals surface area contributed by atoms with Gasteiger partial charge in [-0.1, -0.05) is 6.92 Å². The van der Waals surface area contributed by atoms with Crippen molar-refractivity contribution in [3.8, 4) is 11.5 Å². The first-order chi connectivity index (χ1) is 13.0. The SMILES string of the molecule is CCOc1ccc(C(=O)OC(C)C(=O)N2CCCCC2CC)cc1OCC. The molecule has 2 atom stereocenters. The number of rotatable bonds is 8. The standard InChI is InChI=1S/C21H31NO5/c1-5-17-10-8-9-13-22(17)20(23)15(4)27-21(24)16-11-12-18(25-6-2)19(14-16)26-7-3/h11-12,14-15,17H,5-10,13H2,1-4H3. The molecule has 1 aliphatic heterocycles. The Balaban J connectivity index is 2.06. The molecular weight excluding hydrogens is 346 g/mol. The van der Waals surface area contributed by atoms with Gasteiger partial charge in [-0.3, -0.25) is 4.79 Å². The minimum Gasteiger partial charge on any atom is -0.490 e. The summed E-state index contributed by atoms with van der Waals surface area (Å²) in [4.78, 5) is 27.1. The van der Waals surface area contributed by atoms with Gasteiger partial charge in [-0.25, -0.2) is 4.79 Å². The van der Waals surface area contributed by atoms with Gasteiger partial charge in [0.15, 0.2) is 17.6 Å². The van der Waals surface area contributed by atoms with Crippen molar-refractivity contribution >= 4 is 11.9 Å². The van der Waals surface area contributed by atoms with Crippen LogP contribution in [0.1, 0.15) is 63.7 Å². The molecule has 0 radical (unpaired) electrons. The van der Waals surface area contributed by atoms with E-state index in [0.29, 0.717) is 30.3 Å². The Morgan fingerprint density at radius 3 is 2.48 bits per heavy atom. The predicted molar refractivity (Wildman–Crippen MR) is 103 cm³/mol. The third-order valence-corrected chi connectivity index (χ3v) is 4.79. The maximum absolute atomic E-state index is 12.7. The van der Waals surface area contributed by atoms with Gasteiger partial charge in [0, 0.05) is 12.6 Å². The van der Waals surface area contributed by atoms with Gasteiger partial charge in [-0.05, 0) is 64.7 Å². The Morgan fingerprint density at radius 2 is 1.81 bits per heavy atom. The number of likely N-dealkylation sites (tertiary alicyclic amines) is 1. The van der Waals surface area contributed by atoms with E-state index < -0.39 is 12.1 Å². The van der Waals surface area contributed by atoms with Crippen LogP contribution < -0.4 is 9.47 Å². The van der Waals surface area contributed by atoms with Gasteiger partial charge in [0.05, 0.1) is 18.8 Å². The van der Waals surface area contributed by atoms with Crippen LogP contribution in [0.2, 0.25) is 0 Å². The van der Waals surface area contributed by atoms with Gasteiger partial charge >= 0.3 is 5.97 Å². The van der Waals surface area contributed by atoms with Gasteiger partial charge in [0.2, 0.25) is 0 Å². The minimum atomic E-state index is -0.813. The molecule has 150 valence electrons. The highest BCUT2D eigenvalue weighted by Crippen LogP contribution is 2.29. The van der Waals surface area contributed by atoms with Crippen molar-refractivity contribution in [3.05, 3.63) is 23.8 Å². The maximum Gasteiger partial charge on any atom is 0.339 e. The van der Waals surface area contributed by atoms with Gasteiger partial charge in [0.1, 0.15) is 0 Å². The summed E-state index contributed by atoms with van der Waals surface area (Å²) in [5.74, 6) is 0.421. The van der Waals surface area contributed by atoms with Crippen LogP contribution in [0.5, 0.6) is 11.5 Å². The van der Waals surface area contributed by atoms with E-state index in [4.69, 9.17) is 14.2 Å². The molecule has 0 N–H and O–H groups in total. The Kier molecular flexibility index (Phi) is 7.95. The van der Waals surface area contributed by atoms with Crippen molar-refractivity contribution in [1.29, 1.82) is 0 Å². The van der Waals surface area contributed by atoms with Crippen molar-refractivity contribution in [3.63, 3.8) is 0 Å². The topological polar surface area (TPSA) is 65.1 Å². The fraction of sp³-hybridized carbons (Fsp3) is 0.619. The Morgan fingerprint density at radius 1 is 1.11 bits per heavy atom. The van der Waals surface area contributed by atoms with Gasteiger partial charge in [-0.15, -0.1) is 0 Å². The van der Waals surface area contributed by atoms with Crippen molar-refractivity contribution in [2.75, 3.05) is 19.8 Å². The summed E-state index contributed by atoms with van der Waals surface area (Å²) in [7, 11) is 0. The summed E-state index contributed by atoms with van der Waals surface area (Å²) in [5, 5.41) is 0. The zero-order chi connectivity index (χ0) is 19.8. The highest BCUT2D eigenvalue weighted by atomic mass is 16.5. The quantitative estimate of drug-likeness (QED) is 0.645. The lowest BCUT2D eigenvalue weighted by molar-refractivity contribution is -0.143. The van der Waals surface area contributed by atoms with Crippen LogP contribution in [0.15, 0.2) is 18.2 Å². The average molecular weight is 377 g/mol. The second kappa shape index (κ2) is 10.2. The zero-order valence-electron chi connectivity index (χ0n) is 16.8. The Bertz CT molecular complexity index is 645. The molecule has 1 amide bonds. The highest BCUT2D eigenvalue weighted by Gasteiger charge is 2.30. The first kappa shape index (κ1) is 21.1. The number of ether oxygens (including phenoxy) is 3. The molecule has 0 bridgehead atoms. The van der Waals surface area contributed by atoms with Crippen molar-refractivity contribution in [1.82, 2.24) is 4.90 Å². The van der Waals surface area contributed by atoms with Crippen LogP contribution in [-0.2, 0) is 9.53 Å². The molecule has 0 aromatic heterocycles. The van der Waals surface area contributed by atoms with E-state index in [9.17, 15) is 9.59 Å². The third-order valence-electron chi connectivity index (χ3n) is 4.79. The van der Waals surface area contributed by atoms with E-state index in [2.05, 4.69) is 6.92 Å². The van der Waals surface area contributed by atoms with Crippen LogP contribution in [0, 0.1) is 0 Å². The van der Waals surface area contributed by atoms with E-state index in [1.807, 2.05) is 18.7 Å². The summed E-state index contributed by atoms with van der Waals surface area (Å²) in [6, 6.07) is 5.16. The van der Waals surface area contributed by atoms with Gasteiger partial charge in [0.25, 0.3) is 5.91 Å². The summed E-state index contributed by atoms with van der Waals surface area (Å²) in [5.41, 5.74) is 0.340. The molecule has 0 aliphatic carbocycles. The van der Waals surface area contributed by atoms with E-state index >= 15 is 0 Å². The first-order valence-electron chi connectivity index (χ1n) is 9.92. The maximum atomic E-state index is 12.7. The lowest BCUT2D eigenvalue weighted by atomic mass is 9.99. The lowest BCUT2D eigenvalue weighted by Gasteiger charge is -2.36. The number of carbonyl (C=O) groups is 2. The van der Waals surface area contributed by atoms with Crippen LogP contribution in [-0.4, -0.2) is 48.7 Å². The molecule has 1 heterocycles. The average Bonchev–Trinajstić information content (AvgIpc) is 2.68. The van der Waals surface area contributed by atoms with E-state index in [0.717, 1.165) is 32.2 Å². The number of carbonyl (C=O) groups excluding carboxylic acids is 2. The van der Waals surface area contributed by atoms with Gasteiger partial charge in [-0.2, -0.15) is 0 Å². The molecule has 1 fully saturated rings. The first-order valence-corrected chi connectivity index (χ1v) is 9.92. The number of benzene rings is 1. The van der Waals surface area contributed by atoms with Crippen molar-refractivity contribution in [2.24, 2.45) is 0 Å². The summed E-state index contributed by atoms with van der Waals surface area (Å²) >= 11 is 0. The Hall–Kier alpha value is -2.24. The second-order valence-corrected chi connectivity index (χ2v) is 6.66. The normalized spacial score (nSPS) is 17.9. The van der Waals surface area contributed by atoms with Crippen LogP contribution >= 0.6 is 0 Å². The molecule has 1 aromatic rings. The van der Waals surface area contributed by atoms with Crippen LogP contribution in [0.4, 0.5) is 0 Å². The minimum absolute atomic E-state index is 0.120. The third kappa shape index (κ3) is 5.37. The number of hydrogen-bond acceptors (Lipinski definition) is 5. The van der Waals surface area contributed by atoms with E-state index in [1.165, 1.54) is 0 Å². The second-order valence-electron chi connectivity index (χ2n) is 6.66. The molecule has 0 saturated carbocycles. The predicted octanol–water partition coefficient (Wildman–Crippen LogP) is 3.82. The van der Waals surface area contributed by atoms with Crippen molar-refractivity contribution in [2.45, 2.75) is 65.5 Å². The largest absolute Gasteiger partial charge is 0.490 e. The molecule has 6 nitrogen and oxygen atoms in total. The molecule has 2 unspecified atom stereocenters. The number of nitrogens with zero attached hydrogens (tertiary/aromatic N) is 1. The Labute approximate surface area is 161 Å². The molecule has 2 rings (SSSR count). The summed E-state index contributed by atoms with van der Waals surface area (Å²) in [6.07, 6.45) is 3.26. The highest BCUT2D eigenvalue weighted by molar-refractivity contribution is 5.93. The molecular formula is C21H31NO5. The number of hydrogen-bond donors (Lipinski definition) is 0. The lowest BCUT2D eigenvalue weighted by Crippen LogP contribution is -2.48. The molecule has 0 spiro atoms. The molecule has 1 aromatic carbocycles.